The van der Waals surface area contributed by atoms with Gasteiger partial charge in [0.25, 0.3) is 0 Å². The summed E-state index contributed by atoms with van der Waals surface area (Å²) in [6.45, 7) is 16.2. The maximum atomic E-state index is 13.8. The Hall–Kier alpha value is -3.09. The van der Waals surface area contributed by atoms with Crippen LogP contribution in [-0.4, -0.2) is 227 Å². The smallest absolute Gasteiger partial charge is 0.335 e. The molecule has 8 rings (SSSR count). The van der Waals surface area contributed by atoms with Crippen molar-refractivity contribution in [3.05, 3.63) is 34.9 Å². The van der Waals surface area contributed by atoms with Crippen molar-refractivity contribution in [1.29, 1.82) is 0 Å². The van der Waals surface area contributed by atoms with Crippen LogP contribution in [0.1, 0.15) is 114 Å². The normalized spacial score (nSPS) is 49.5. The molecular weight excluding hydrogens is 1080 g/mol. The maximum absolute atomic E-state index is 13.8. The van der Waals surface area contributed by atoms with Crippen molar-refractivity contribution in [1.82, 2.24) is 0 Å². The predicted molar refractivity (Wildman–Crippen MR) is 283 cm³/mol. The number of carbonyl (C=O) groups excluding carboxylic acids is 2. The first-order valence-electron chi connectivity index (χ1n) is 28.8. The number of aliphatic carboxylic acids is 1. The third kappa shape index (κ3) is 10.4. The lowest BCUT2D eigenvalue weighted by atomic mass is 9.33. The molecule has 8 aliphatic rings. The van der Waals surface area contributed by atoms with E-state index in [4.69, 9.17) is 37.9 Å². The molecule has 82 heavy (non-hydrogen) atoms. The molecule has 0 spiro atoms. The number of allylic oxidation sites excluding steroid dienone is 4. The van der Waals surface area contributed by atoms with E-state index in [0.717, 1.165) is 5.57 Å². The minimum atomic E-state index is -2.18. The van der Waals surface area contributed by atoms with Crippen molar-refractivity contribution in [2.75, 3.05) is 26.4 Å². The molecule has 24 nitrogen and oxygen atoms in total. The van der Waals surface area contributed by atoms with Crippen LogP contribution in [0.4, 0.5) is 0 Å². The lowest BCUT2D eigenvalue weighted by Gasteiger charge is -2.72. The molecule has 27 atom stereocenters. The minimum Gasteiger partial charge on any atom is -0.479 e. The molecule has 3 aliphatic heterocycles. The molecule has 0 amide bonds. The Balaban J connectivity index is 1.12. The Bertz CT molecular complexity index is 2430. The van der Waals surface area contributed by atoms with Crippen molar-refractivity contribution in [3.8, 4) is 0 Å². The van der Waals surface area contributed by atoms with E-state index in [1.54, 1.807) is 39.8 Å². The summed E-state index contributed by atoms with van der Waals surface area (Å²) in [7, 11) is 0. The highest BCUT2D eigenvalue weighted by Crippen LogP contribution is 2.76. The van der Waals surface area contributed by atoms with Gasteiger partial charge in [-0.1, -0.05) is 65.3 Å². The Morgan fingerprint density at radius 3 is 1.66 bits per heavy atom. The van der Waals surface area contributed by atoms with E-state index in [2.05, 4.69) is 26.8 Å². The number of esters is 2. The van der Waals surface area contributed by atoms with E-state index in [1.165, 1.54) is 0 Å². The molecule has 0 aromatic rings. The zero-order valence-corrected chi connectivity index (χ0v) is 48.5. The van der Waals surface area contributed by atoms with E-state index >= 15 is 0 Å². The molecule has 0 aromatic carbocycles. The highest BCUT2D eigenvalue weighted by atomic mass is 16.8. The lowest BCUT2D eigenvalue weighted by molar-refractivity contribution is -0.392. The van der Waals surface area contributed by atoms with E-state index in [1.807, 2.05) is 20.8 Å². The second-order valence-corrected chi connectivity index (χ2v) is 26.3. The van der Waals surface area contributed by atoms with Crippen LogP contribution in [0, 0.1) is 50.2 Å². The molecule has 24 heteroatoms. The summed E-state index contributed by atoms with van der Waals surface area (Å²) in [6.07, 6.45) is -25.1. The average Bonchev–Trinajstić information content (AvgIpc) is 1.64. The van der Waals surface area contributed by atoms with Crippen LogP contribution in [0.15, 0.2) is 34.9 Å². The van der Waals surface area contributed by atoms with Gasteiger partial charge in [-0.2, -0.15) is 0 Å². The SMILES string of the molecule is CC=C(C)C(=O)OC1C(OC(=O)C(C)=CC)C2(CO)C(O)CC3(C)C(=CCC4C5(C)CCC(OC6OC(C(=O)O)C(OC7OC(CO)C(O)C(O)C7O)C(O)C6OC6OC(CO)C(O)C(O)C6O)C(C)(CO)C5CCC43C)C2CC1(C)C. The van der Waals surface area contributed by atoms with Gasteiger partial charge in [0.05, 0.1) is 44.1 Å². The summed E-state index contributed by atoms with van der Waals surface area (Å²) >= 11 is 0. The molecule has 7 fully saturated rings. The van der Waals surface area contributed by atoms with Crippen molar-refractivity contribution in [3.63, 3.8) is 0 Å². The molecule has 4 saturated carbocycles. The van der Waals surface area contributed by atoms with Crippen LogP contribution >= 0.6 is 0 Å². The fourth-order valence-electron chi connectivity index (χ4n) is 16.4. The van der Waals surface area contributed by atoms with Crippen LogP contribution in [-0.2, 0) is 52.3 Å². The van der Waals surface area contributed by atoms with E-state index in [0.29, 0.717) is 43.3 Å². The molecule has 466 valence electrons. The number of carbonyl (C=O) groups is 3. The molecule has 5 aliphatic carbocycles. The van der Waals surface area contributed by atoms with Crippen LogP contribution in [0.2, 0.25) is 0 Å². The fourth-order valence-corrected chi connectivity index (χ4v) is 16.4. The van der Waals surface area contributed by atoms with Gasteiger partial charge in [-0.15, -0.1) is 0 Å². The number of hydrogen-bond donors (Lipinski definition) is 13. The fraction of sp³-hybridized carbons (Fsp3) is 0.845. The third-order valence-electron chi connectivity index (χ3n) is 21.7. The van der Waals surface area contributed by atoms with Gasteiger partial charge in [-0.3, -0.25) is 0 Å². The van der Waals surface area contributed by atoms with Gasteiger partial charge in [0, 0.05) is 22.0 Å². The largest absolute Gasteiger partial charge is 0.479 e. The molecule has 0 aromatic heterocycles. The Kier molecular flexibility index (Phi) is 18.9. The molecule has 13 N–H and O–H groups in total. The lowest BCUT2D eigenvalue weighted by Crippen LogP contribution is -2.72. The predicted octanol–water partition coefficient (Wildman–Crippen LogP) is -0.375. The zero-order valence-electron chi connectivity index (χ0n) is 48.5. The van der Waals surface area contributed by atoms with Crippen LogP contribution in [0.25, 0.3) is 0 Å². The molecule has 0 radical (unpaired) electrons. The highest BCUT2D eigenvalue weighted by Gasteiger charge is 2.74. The van der Waals surface area contributed by atoms with Crippen molar-refractivity contribution >= 4 is 17.9 Å². The van der Waals surface area contributed by atoms with Gasteiger partial charge in [-0.05, 0) is 107 Å². The van der Waals surface area contributed by atoms with E-state index < -0.39 is 199 Å². The van der Waals surface area contributed by atoms with Crippen molar-refractivity contribution in [2.24, 2.45) is 50.2 Å². The number of aliphatic hydroxyl groups excluding tert-OH is 12. The Morgan fingerprint density at radius 2 is 1.16 bits per heavy atom. The van der Waals surface area contributed by atoms with Gasteiger partial charge in [-0.25, -0.2) is 14.4 Å². The van der Waals surface area contributed by atoms with E-state index in [9.17, 15) is 80.8 Å². The zero-order chi connectivity index (χ0) is 60.7. The third-order valence-corrected chi connectivity index (χ3v) is 21.7. The summed E-state index contributed by atoms with van der Waals surface area (Å²) < 4.78 is 48.6. The Labute approximate surface area is 477 Å². The van der Waals surface area contributed by atoms with Gasteiger partial charge >= 0.3 is 17.9 Å². The van der Waals surface area contributed by atoms with Crippen LogP contribution in [0.3, 0.4) is 0 Å². The summed E-state index contributed by atoms with van der Waals surface area (Å²) in [6, 6.07) is 0. The number of ether oxygens (including phenoxy) is 8. The van der Waals surface area contributed by atoms with Crippen molar-refractivity contribution in [2.45, 2.75) is 231 Å². The topological polar surface area (TPSA) is 388 Å². The first kappa shape index (κ1) is 64.9. The summed E-state index contributed by atoms with van der Waals surface area (Å²) in [4.78, 5) is 40.6. The molecular formula is C58H90O24. The maximum Gasteiger partial charge on any atom is 0.335 e. The Morgan fingerprint density at radius 1 is 0.622 bits per heavy atom. The minimum absolute atomic E-state index is 0.0973. The standard InChI is InChI=1S/C58H90O24/c1-11-25(3)48(73)81-45-46(82-49(74)26(4)12-2)58(24-62)28(19-53(45,5)6)27-13-14-32-54(7)17-16-34(55(8,23-61)31(54)15-18-56(32,9)57(27,10)20-33(58)63)77-52-43(79-51-40(69)38(67)36(65)30(22-60)76-51)41(70)42(44(80-52)47(71)72)78-50-39(68)37(66)35(64)29(21-59)75-50/h11-13,28-46,50-52,59-70H,14-24H2,1-10H3,(H,71,72). The first-order valence-corrected chi connectivity index (χ1v) is 28.8. The number of hydrogen-bond acceptors (Lipinski definition) is 23. The first-order chi connectivity index (χ1) is 38.4. The number of rotatable bonds is 15. The molecule has 27 unspecified atom stereocenters. The number of aliphatic hydroxyl groups is 12. The summed E-state index contributed by atoms with van der Waals surface area (Å²) in [5.41, 5.74) is -3.63. The monoisotopic (exact) mass is 1170 g/mol. The quantitative estimate of drug-likeness (QED) is 0.0430. The summed E-state index contributed by atoms with van der Waals surface area (Å²) in [5, 5.41) is 144. The second-order valence-electron chi connectivity index (χ2n) is 26.3. The van der Waals surface area contributed by atoms with Gasteiger partial charge in [0.15, 0.2) is 31.1 Å². The highest BCUT2D eigenvalue weighted by molar-refractivity contribution is 5.89. The summed E-state index contributed by atoms with van der Waals surface area (Å²) in [5.74, 6) is -3.95. The van der Waals surface area contributed by atoms with Crippen molar-refractivity contribution < 1.29 is 119 Å². The molecule has 0 bridgehead atoms. The van der Waals surface area contributed by atoms with Crippen LogP contribution in [0.5, 0.6) is 0 Å². The van der Waals surface area contributed by atoms with Gasteiger partial charge < -0.3 is 104 Å². The number of carboxylic acids is 1. The molecule has 3 saturated heterocycles. The number of fused-ring (bicyclic) bond motifs is 7. The molecule has 3 heterocycles. The average molecular weight is 1170 g/mol. The van der Waals surface area contributed by atoms with Gasteiger partial charge in [0.1, 0.15) is 73.2 Å². The van der Waals surface area contributed by atoms with Crippen LogP contribution < -0.4 is 0 Å². The van der Waals surface area contributed by atoms with E-state index in [-0.39, 0.29) is 24.7 Å². The van der Waals surface area contributed by atoms with Gasteiger partial charge in [0.2, 0.25) is 0 Å². The number of carboxylic acid groups (broad SMARTS) is 1. The second kappa shape index (κ2) is 23.9.